The summed E-state index contributed by atoms with van der Waals surface area (Å²) in [6.45, 7) is 15.9. The van der Waals surface area contributed by atoms with Gasteiger partial charge in [-0.15, -0.1) is 11.5 Å². The van der Waals surface area contributed by atoms with Gasteiger partial charge in [0, 0.05) is 0 Å². The summed E-state index contributed by atoms with van der Waals surface area (Å²) >= 11 is 0. The Kier molecular flexibility index (Phi) is 32.8. The van der Waals surface area contributed by atoms with Gasteiger partial charge in [-0.2, -0.15) is 0 Å². The molecule has 0 unspecified atom stereocenters. The summed E-state index contributed by atoms with van der Waals surface area (Å²) < 4.78 is 0. The van der Waals surface area contributed by atoms with Crippen molar-refractivity contribution >= 4 is 22.8 Å². The smallest absolute Gasteiger partial charge is 0.873 e. The third-order valence-corrected chi connectivity index (χ3v) is 11.6. The van der Waals surface area contributed by atoms with Gasteiger partial charge in [-0.25, -0.2) is 0 Å². The van der Waals surface area contributed by atoms with Crippen LogP contribution in [0.25, 0.3) is 0 Å². The Morgan fingerprint density at radius 1 is 0.367 bits per heavy atom. The van der Waals surface area contributed by atoms with E-state index < -0.39 is 5.75 Å². The summed E-state index contributed by atoms with van der Waals surface area (Å²) in [6.07, 6.45) is 33.9. The van der Waals surface area contributed by atoms with E-state index in [1.165, 1.54) is 182 Å². The first kappa shape index (κ1) is 55.1. The number of aryl methyl sites for hydroxylation is 5. The fourth-order valence-corrected chi connectivity index (χ4v) is 7.77. The molecule has 338 valence electrons. The Hall–Kier alpha value is -2.91. The van der Waals surface area contributed by atoms with Crippen LogP contribution in [-0.2, 0) is 48.6 Å². The molecule has 0 aromatic heterocycles. The number of nitrogens with zero attached hydrogens (tertiary/aromatic N) is 2. The van der Waals surface area contributed by atoms with Crippen LogP contribution in [0.1, 0.15) is 224 Å². The molecule has 0 aliphatic rings. The third kappa shape index (κ3) is 23.3. The van der Waals surface area contributed by atoms with E-state index in [1.54, 1.807) is 17.2 Å². The van der Waals surface area contributed by atoms with Gasteiger partial charge >= 0.3 is 16.5 Å². The minimum Gasteiger partial charge on any atom is -0.873 e. The van der Waals surface area contributed by atoms with Crippen LogP contribution < -0.4 is 10.2 Å². The summed E-state index contributed by atoms with van der Waals surface area (Å²) in [5.74, 6) is -0.784. The molecule has 60 heavy (non-hydrogen) atoms. The van der Waals surface area contributed by atoms with Crippen molar-refractivity contribution in [1.29, 1.82) is 0 Å². The van der Waals surface area contributed by atoms with Crippen LogP contribution in [0.3, 0.4) is 0 Å². The molecule has 0 amide bonds. The maximum absolute atomic E-state index is 11.0. The standard InChI is InChI=1S/C44H72N2.C11H16O2.Ni/c1-7-13-19-24-30-44(46-42-34-32-38(26-21-15-9-3)40(36-42)28-23-17-11-5)43(29-18-12-6)45-41-33-31-37(25-20-14-8-2)39(35-41)27-22-16-10-4;1-2-3-4-5-9-6-7-10(12)11(13)8-9;/h31-36H,7-30H2,1-6H3;6-8,12-13H,2-5H2,1H3;/q;;+2/p-2. The van der Waals surface area contributed by atoms with Crippen LogP contribution in [0.5, 0.6) is 11.5 Å². The van der Waals surface area contributed by atoms with Crippen LogP contribution in [0, 0.1) is 0 Å². The van der Waals surface area contributed by atoms with Gasteiger partial charge in [-0.1, -0.05) is 169 Å². The normalized spacial score (nSPS) is 11.7. The molecule has 0 N–H and O–H groups in total. The van der Waals surface area contributed by atoms with Gasteiger partial charge < -0.3 is 10.2 Å². The summed E-state index contributed by atoms with van der Waals surface area (Å²) in [7, 11) is 0. The Balaban J connectivity index is 0.00000109. The van der Waals surface area contributed by atoms with Crippen molar-refractivity contribution in [3.8, 4) is 11.5 Å². The van der Waals surface area contributed by atoms with E-state index in [2.05, 4.69) is 84.9 Å². The Labute approximate surface area is 379 Å². The minimum absolute atomic E-state index is 0. The van der Waals surface area contributed by atoms with Gasteiger partial charge in [0.25, 0.3) is 0 Å². The van der Waals surface area contributed by atoms with E-state index >= 15 is 0 Å². The molecule has 3 aromatic carbocycles. The zero-order chi connectivity index (χ0) is 42.9. The number of aliphatic imine (C=N–C) groups is 2. The van der Waals surface area contributed by atoms with Crippen LogP contribution >= 0.6 is 0 Å². The number of rotatable bonds is 31. The van der Waals surface area contributed by atoms with Crippen LogP contribution in [0.2, 0.25) is 0 Å². The quantitative estimate of drug-likeness (QED) is 0.0367. The Morgan fingerprint density at radius 3 is 1.17 bits per heavy atom. The maximum Gasteiger partial charge on any atom is 2.00 e. The topological polar surface area (TPSA) is 70.8 Å². The van der Waals surface area contributed by atoms with Crippen molar-refractivity contribution in [2.45, 2.75) is 228 Å². The second-order valence-electron chi connectivity index (χ2n) is 17.0. The molecule has 5 heteroatoms. The summed E-state index contributed by atoms with van der Waals surface area (Å²) in [5.41, 5.74) is 11.8. The predicted octanol–water partition coefficient (Wildman–Crippen LogP) is 16.2. The first-order valence-electron chi connectivity index (χ1n) is 24.7. The van der Waals surface area contributed by atoms with Crippen molar-refractivity contribution < 1.29 is 26.7 Å². The first-order valence-corrected chi connectivity index (χ1v) is 24.7. The molecule has 4 nitrogen and oxygen atoms in total. The second-order valence-corrected chi connectivity index (χ2v) is 17.0. The molecule has 0 atom stereocenters. The van der Waals surface area contributed by atoms with E-state index in [4.69, 9.17) is 9.98 Å². The number of unbranched alkanes of at least 4 members (excludes halogenated alkanes) is 14. The molecular formula is C55H86N2NiO2. The molecule has 0 bridgehead atoms. The number of benzene rings is 3. The van der Waals surface area contributed by atoms with Crippen LogP contribution in [0.15, 0.2) is 64.6 Å². The summed E-state index contributed by atoms with van der Waals surface area (Å²) in [4.78, 5) is 10.9. The van der Waals surface area contributed by atoms with E-state index in [1.807, 2.05) is 0 Å². The van der Waals surface area contributed by atoms with Gasteiger partial charge in [0.2, 0.25) is 0 Å². The molecule has 3 aromatic rings. The first-order chi connectivity index (χ1) is 28.8. The molecule has 0 aliphatic carbocycles. The van der Waals surface area contributed by atoms with Crippen molar-refractivity contribution in [1.82, 2.24) is 0 Å². The number of hydrogen-bond donors (Lipinski definition) is 0. The average Bonchev–Trinajstić information content (AvgIpc) is 3.24. The molecular weight excluding hydrogens is 779 g/mol. The van der Waals surface area contributed by atoms with Gasteiger partial charge in [-0.3, -0.25) is 9.98 Å². The predicted molar refractivity (Wildman–Crippen MR) is 257 cm³/mol. The van der Waals surface area contributed by atoms with Crippen LogP contribution in [0.4, 0.5) is 11.4 Å². The molecule has 0 heterocycles. The number of hydrogen-bond acceptors (Lipinski definition) is 4. The molecule has 0 spiro atoms. The van der Waals surface area contributed by atoms with Crippen LogP contribution in [-0.4, -0.2) is 11.4 Å². The minimum atomic E-state index is -0.403. The third-order valence-electron chi connectivity index (χ3n) is 11.6. The van der Waals surface area contributed by atoms with E-state index in [9.17, 15) is 10.2 Å². The molecule has 0 fully saturated rings. The van der Waals surface area contributed by atoms with Gasteiger partial charge in [0.15, 0.2) is 0 Å². The molecule has 0 aliphatic heterocycles. The Bertz CT molecular complexity index is 1600. The summed E-state index contributed by atoms with van der Waals surface area (Å²) in [5, 5.41) is 21.7. The van der Waals surface area contributed by atoms with Crippen molar-refractivity contribution in [3.05, 3.63) is 82.4 Å². The van der Waals surface area contributed by atoms with E-state index in [0.29, 0.717) is 0 Å². The maximum atomic E-state index is 11.0. The fourth-order valence-electron chi connectivity index (χ4n) is 7.77. The van der Waals surface area contributed by atoms with Crippen molar-refractivity contribution in [2.75, 3.05) is 0 Å². The monoisotopic (exact) mass is 865 g/mol. The van der Waals surface area contributed by atoms with Crippen molar-refractivity contribution in [3.63, 3.8) is 0 Å². The average molecular weight is 866 g/mol. The fraction of sp³-hybridized carbons (Fsp3) is 0.636. The molecule has 0 radical (unpaired) electrons. The second kappa shape index (κ2) is 35.7. The van der Waals surface area contributed by atoms with E-state index in [0.717, 1.165) is 49.0 Å². The van der Waals surface area contributed by atoms with Gasteiger partial charge in [0.05, 0.1) is 22.8 Å². The SMILES string of the molecule is CCCCCCC(=Nc1ccc(CCCCC)c(CCCCC)c1)C(CCCC)=Nc1ccc(CCCCC)c(CCCCC)c1.CCCCCc1ccc([O-])c([O-])c1.[Ni+2]. The Morgan fingerprint density at radius 2 is 0.750 bits per heavy atom. The molecule has 0 saturated heterocycles. The molecule has 0 saturated carbocycles. The van der Waals surface area contributed by atoms with Gasteiger partial charge in [-0.05, 0) is 142 Å². The van der Waals surface area contributed by atoms with Crippen molar-refractivity contribution in [2.24, 2.45) is 9.98 Å². The van der Waals surface area contributed by atoms with E-state index in [-0.39, 0.29) is 22.2 Å². The summed E-state index contributed by atoms with van der Waals surface area (Å²) in [6, 6.07) is 18.8. The van der Waals surface area contributed by atoms with Gasteiger partial charge in [0.1, 0.15) is 0 Å². The largest absolute Gasteiger partial charge is 2.00 e. The molecule has 3 rings (SSSR count). The zero-order valence-corrected chi connectivity index (χ0v) is 40.5. The zero-order valence-electron chi connectivity index (χ0n) is 39.5.